The lowest BCUT2D eigenvalue weighted by Gasteiger charge is -2.11. The SMILES string of the molecule is COc1ccc(Cn2nc(C)c(NC(=O)c3cc(-c4cccs4)nc4ccccc34)c2C)cc1. The van der Waals surface area contributed by atoms with Crippen LogP contribution < -0.4 is 10.1 Å². The number of ether oxygens (including phenoxy) is 1. The number of aromatic nitrogens is 3. The number of rotatable bonds is 6. The molecule has 6 nitrogen and oxygen atoms in total. The Balaban J connectivity index is 1.47. The summed E-state index contributed by atoms with van der Waals surface area (Å²) in [5, 5.41) is 10.6. The molecular weight excluding hydrogens is 444 g/mol. The van der Waals surface area contributed by atoms with Crippen LogP contribution in [0.1, 0.15) is 27.3 Å². The van der Waals surface area contributed by atoms with Crippen LogP contribution in [0.2, 0.25) is 0 Å². The van der Waals surface area contributed by atoms with E-state index in [1.807, 2.05) is 90.6 Å². The van der Waals surface area contributed by atoms with Crippen molar-refractivity contribution < 1.29 is 9.53 Å². The van der Waals surface area contributed by atoms with Gasteiger partial charge in [0.15, 0.2) is 0 Å². The van der Waals surface area contributed by atoms with Crippen molar-refractivity contribution in [3.63, 3.8) is 0 Å². The van der Waals surface area contributed by atoms with E-state index < -0.39 is 0 Å². The normalized spacial score (nSPS) is 11.0. The maximum Gasteiger partial charge on any atom is 0.256 e. The van der Waals surface area contributed by atoms with Crippen molar-refractivity contribution in [1.29, 1.82) is 0 Å². The highest BCUT2D eigenvalue weighted by Crippen LogP contribution is 2.29. The second-order valence-corrected chi connectivity index (χ2v) is 9.00. The van der Waals surface area contributed by atoms with Crippen molar-refractivity contribution in [2.24, 2.45) is 0 Å². The number of fused-ring (bicyclic) bond motifs is 1. The third-order valence-electron chi connectivity index (χ3n) is 5.85. The lowest BCUT2D eigenvalue weighted by atomic mass is 10.1. The predicted molar refractivity (Wildman–Crippen MR) is 137 cm³/mol. The first-order valence-electron chi connectivity index (χ1n) is 11.0. The fourth-order valence-electron chi connectivity index (χ4n) is 4.03. The van der Waals surface area contributed by atoms with Crippen molar-refractivity contribution in [2.75, 3.05) is 12.4 Å². The van der Waals surface area contributed by atoms with Gasteiger partial charge in [0.1, 0.15) is 5.75 Å². The van der Waals surface area contributed by atoms with Crippen LogP contribution in [-0.2, 0) is 6.54 Å². The molecule has 3 heterocycles. The summed E-state index contributed by atoms with van der Waals surface area (Å²) < 4.78 is 7.15. The number of thiophene rings is 1. The molecule has 7 heteroatoms. The fraction of sp³-hybridized carbons (Fsp3) is 0.148. The number of hydrogen-bond acceptors (Lipinski definition) is 5. The van der Waals surface area contributed by atoms with Gasteiger partial charge in [0.05, 0.1) is 52.4 Å². The van der Waals surface area contributed by atoms with Crippen LogP contribution >= 0.6 is 11.3 Å². The molecule has 1 N–H and O–H groups in total. The maximum absolute atomic E-state index is 13.5. The minimum absolute atomic E-state index is 0.174. The monoisotopic (exact) mass is 468 g/mol. The molecule has 0 bridgehead atoms. The Labute approximate surface area is 201 Å². The van der Waals surface area contributed by atoms with Crippen LogP contribution in [0.5, 0.6) is 5.75 Å². The second-order valence-electron chi connectivity index (χ2n) is 8.06. The Morgan fingerprint density at radius 2 is 1.85 bits per heavy atom. The molecule has 1 amide bonds. The highest BCUT2D eigenvalue weighted by molar-refractivity contribution is 7.13. The zero-order valence-corrected chi connectivity index (χ0v) is 20.0. The largest absolute Gasteiger partial charge is 0.497 e. The highest BCUT2D eigenvalue weighted by atomic mass is 32.1. The molecule has 0 fully saturated rings. The fourth-order valence-corrected chi connectivity index (χ4v) is 4.72. The van der Waals surface area contributed by atoms with Crippen LogP contribution in [0.3, 0.4) is 0 Å². The van der Waals surface area contributed by atoms with E-state index in [2.05, 4.69) is 10.4 Å². The molecule has 5 rings (SSSR count). The summed E-state index contributed by atoms with van der Waals surface area (Å²) in [6, 6.07) is 21.5. The summed E-state index contributed by atoms with van der Waals surface area (Å²) in [6.07, 6.45) is 0. The maximum atomic E-state index is 13.5. The molecule has 3 aromatic heterocycles. The van der Waals surface area contributed by atoms with E-state index in [-0.39, 0.29) is 5.91 Å². The quantitative estimate of drug-likeness (QED) is 0.328. The predicted octanol–water partition coefficient (Wildman–Crippen LogP) is 6.09. The first-order chi connectivity index (χ1) is 16.5. The van der Waals surface area contributed by atoms with E-state index in [4.69, 9.17) is 9.72 Å². The molecule has 0 radical (unpaired) electrons. The number of anilines is 1. The topological polar surface area (TPSA) is 69.0 Å². The Kier molecular flexibility index (Phi) is 5.86. The van der Waals surface area contributed by atoms with Gasteiger partial charge in [0.25, 0.3) is 5.91 Å². The Morgan fingerprint density at radius 1 is 1.06 bits per heavy atom. The molecule has 2 aromatic carbocycles. The number of methoxy groups -OCH3 is 1. The molecule has 0 unspecified atom stereocenters. The first-order valence-corrected chi connectivity index (χ1v) is 11.8. The van der Waals surface area contributed by atoms with Gasteiger partial charge >= 0.3 is 0 Å². The van der Waals surface area contributed by atoms with Crippen molar-refractivity contribution in [3.05, 3.63) is 94.6 Å². The van der Waals surface area contributed by atoms with Crippen LogP contribution in [0.4, 0.5) is 5.69 Å². The van der Waals surface area contributed by atoms with E-state index in [1.54, 1.807) is 18.4 Å². The van der Waals surface area contributed by atoms with Gasteiger partial charge < -0.3 is 10.1 Å². The number of pyridine rings is 1. The summed E-state index contributed by atoms with van der Waals surface area (Å²) in [5.74, 6) is 0.642. The lowest BCUT2D eigenvalue weighted by molar-refractivity contribution is 0.102. The van der Waals surface area contributed by atoms with Gasteiger partial charge in [-0.15, -0.1) is 11.3 Å². The van der Waals surface area contributed by atoms with Crippen LogP contribution in [-0.4, -0.2) is 27.8 Å². The van der Waals surface area contributed by atoms with Crippen LogP contribution in [0.25, 0.3) is 21.5 Å². The summed E-state index contributed by atoms with van der Waals surface area (Å²) >= 11 is 1.60. The average molecular weight is 469 g/mol. The Bertz CT molecular complexity index is 1470. The van der Waals surface area contributed by atoms with Crippen molar-refractivity contribution in [1.82, 2.24) is 14.8 Å². The minimum Gasteiger partial charge on any atom is -0.497 e. The summed E-state index contributed by atoms with van der Waals surface area (Å²) in [6.45, 7) is 4.49. The lowest BCUT2D eigenvalue weighted by Crippen LogP contribution is -2.14. The van der Waals surface area contributed by atoms with Crippen LogP contribution in [0.15, 0.2) is 72.1 Å². The van der Waals surface area contributed by atoms with Gasteiger partial charge in [0, 0.05) is 5.39 Å². The molecule has 0 aliphatic rings. The summed E-state index contributed by atoms with van der Waals surface area (Å²) in [4.78, 5) is 19.3. The van der Waals surface area contributed by atoms with E-state index in [1.165, 1.54) is 0 Å². The molecule has 34 heavy (non-hydrogen) atoms. The van der Waals surface area contributed by atoms with E-state index in [0.717, 1.165) is 49.9 Å². The standard InChI is InChI=1S/C27H24N4O2S/c1-17-26(18(2)31(30-17)16-19-10-12-20(33-3)13-11-19)29-27(32)22-15-24(25-9-6-14-34-25)28-23-8-5-4-7-21(22)23/h4-15H,16H2,1-3H3,(H,29,32). The smallest absolute Gasteiger partial charge is 0.256 e. The summed E-state index contributed by atoms with van der Waals surface area (Å²) in [5.41, 5.74) is 5.69. The molecule has 5 aromatic rings. The van der Waals surface area contributed by atoms with Crippen molar-refractivity contribution in [3.8, 4) is 16.3 Å². The Morgan fingerprint density at radius 3 is 2.59 bits per heavy atom. The van der Waals surface area contributed by atoms with Gasteiger partial charge in [-0.05, 0) is 55.1 Å². The Hall–Kier alpha value is -3.97. The molecule has 0 aliphatic carbocycles. The van der Waals surface area contributed by atoms with Gasteiger partial charge in [-0.25, -0.2) is 4.98 Å². The number of nitrogens with one attached hydrogen (secondary N) is 1. The number of aryl methyl sites for hydroxylation is 1. The van der Waals surface area contributed by atoms with Crippen molar-refractivity contribution >= 4 is 33.8 Å². The summed E-state index contributed by atoms with van der Waals surface area (Å²) in [7, 11) is 1.65. The molecule has 0 atom stereocenters. The first kappa shape index (κ1) is 21.9. The number of hydrogen-bond donors (Lipinski definition) is 1. The molecule has 0 spiro atoms. The molecular formula is C27H24N4O2S. The van der Waals surface area contributed by atoms with Gasteiger partial charge in [-0.2, -0.15) is 5.10 Å². The number of para-hydroxylation sites is 1. The zero-order chi connectivity index (χ0) is 23.7. The molecule has 170 valence electrons. The zero-order valence-electron chi connectivity index (χ0n) is 19.2. The minimum atomic E-state index is -0.174. The molecule has 0 saturated heterocycles. The number of amides is 1. The number of nitrogens with zero attached hydrogens (tertiary/aromatic N) is 3. The van der Waals surface area contributed by atoms with E-state index in [9.17, 15) is 4.79 Å². The average Bonchev–Trinajstić information content (AvgIpc) is 3.49. The van der Waals surface area contributed by atoms with Crippen LogP contribution in [0, 0.1) is 13.8 Å². The molecule has 0 saturated carbocycles. The van der Waals surface area contributed by atoms with Gasteiger partial charge in [-0.3, -0.25) is 9.48 Å². The third-order valence-corrected chi connectivity index (χ3v) is 6.74. The van der Waals surface area contributed by atoms with Gasteiger partial charge in [0.2, 0.25) is 0 Å². The van der Waals surface area contributed by atoms with E-state index in [0.29, 0.717) is 12.1 Å². The highest BCUT2D eigenvalue weighted by Gasteiger charge is 2.19. The number of carbonyl (C=O) groups excluding carboxylic acids is 1. The molecule has 0 aliphatic heterocycles. The number of carbonyl (C=O) groups is 1. The van der Waals surface area contributed by atoms with Crippen molar-refractivity contribution in [2.45, 2.75) is 20.4 Å². The second kappa shape index (κ2) is 9.11. The third kappa shape index (κ3) is 4.18. The number of benzene rings is 2. The van der Waals surface area contributed by atoms with E-state index >= 15 is 0 Å². The van der Waals surface area contributed by atoms with Gasteiger partial charge in [-0.1, -0.05) is 36.4 Å².